The Bertz CT molecular complexity index is 1220. The second kappa shape index (κ2) is 9.26. The van der Waals surface area contributed by atoms with E-state index in [1.807, 2.05) is 18.2 Å². The number of benzene rings is 1. The van der Waals surface area contributed by atoms with Gasteiger partial charge in [-0.3, -0.25) is 0 Å². The number of nitrogens with zero attached hydrogens (tertiary/aromatic N) is 4. The molecule has 0 spiro atoms. The van der Waals surface area contributed by atoms with Crippen LogP contribution in [0.5, 0.6) is 11.5 Å². The molecule has 4 rings (SSSR count). The Morgan fingerprint density at radius 2 is 1.91 bits per heavy atom. The molecular formula is C23H25N5O5. The molecule has 1 amide bonds. The Labute approximate surface area is 190 Å². The highest BCUT2D eigenvalue weighted by atomic mass is 16.5. The fourth-order valence-corrected chi connectivity index (χ4v) is 4.21. The van der Waals surface area contributed by atoms with Crippen LogP contribution < -0.4 is 15.2 Å². The van der Waals surface area contributed by atoms with Crippen LogP contribution in [0.2, 0.25) is 0 Å². The average Bonchev–Trinajstić information content (AvgIpc) is 3.40. The van der Waals surface area contributed by atoms with Crippen LogP contribution in [-0.4, -0.2) is 71.2 Å². The molecule has 0 saturated carbocycles. The zero-order valence-corrected chi connectivity index (χ0v) is 18.6. The van der Waals surface area contributed by atoms with Gasteiger partial charge in [0.1, 0.15) is 23.3 Å². The molecule has 3 aromatic rings. The van der Waals surface area contributed by atoms with Crippen molar-refractivity contribution in [2.24, 2.45) is 0 Å². The second-order valence-corrected chi connectivity index (χ2v) is 7.72. The van der Waals surface area contributed by atoms with Crippen LogP contribution in [0.3, 0.4) is 0 Å². The molecular weight excluding hydrogens is 426 g/mol. The van der Waals surface area contributed by atoms with Crippen LogP contribution in [0.4, 0.5) is 10.6 Å². The lowest BCUT2D eigenvalue weighted by Gasteiger charge is -2.19. The summed E-state index contributed by atoms with van der Waals surface area (Å²) in [4.78, 5) is 17.3. The summed E-state index contributed by atoms with van der Waals surface area (Å²) in [6, 6.07) is 7.07. The van der Waals surface area contributed by atoms with E-state index in [2.05, 4.69) is 21.9 Å². The first-order valence-electron chi connectivity index (χ1n) is 10.3. The zero-order valence-electron chi connectivity index (χ0n) is 18.6. The van der Waals surface area contributed by atoms with Gasteiger partial charge in [0.15, 0.2) is 5.82 Å². The maximum atomic E-state index is 11.7. The Morgan fingerprint density at radius 3 is 2.55 bits per heavy atom. The lowest BCUT2D eigenvalue weighted by Crippen LogP contribution is -2.37. The van der Waals surface area contributed by atoms with Crippen LogP contribution in [0.1, 0.15) is 29.2 Å². The largest absolute Gasteiger partial charge is 0.497 e. The van der Waals surface area contributed by atoms with Crippen molar-refractivity contribution >= 4 is 17.4 Å². The van der Waals surface area contributed by atoms with Gasteiger partial charge in [-0.05, 0) is 24.6 Å². The van der Waals surface area contributed by atoms with Crippen molar-refractivity contribution in [3.8, 4) is 23.3 Å². The molecule has 3 N–H and O–H groups in total. The normalized spacial score (nSPS) is 17.6. The molecule has 1 aliphatic heterocycles. The summed E-state index contributed by atoms with van der Waals surface area (Å²) < 4.78 is 17.6. The summed E-state index contributed by atoms with van der Waals surface area (Å²) in [6.45, 7) is 0.660. The number of fused-ring (bicyclic) bond motifs is 1. The number of amides is 1. The van der Waals surface area contributed by atoms with Gasteiger partial charge >= 0.3 is 6.09 Å². The first-order chi connectivity index (χ1) is 15.9. The summed E-state index contributed by atoms with van der Waals surface area (Å²) in [5.74, 6) is 7.77. The standard InChI is InChI=1S/C23H25N5O5/c1-31-12-17-8-16(11-27(17)23(29)30)20-9-15(21-22(24)25-13-26-28(20)21)5-4-14-6-18(32-2)10-19(7-14)33-3/h6-7,9-10,13,16-17H,8,11-12H2,1-3H3,(H,29,30)(H2,24,25,26). The molecule has 0 bridgehead atoms. The van der Waals surface area contributed by atoms with Crippen molar-refractivity contribution in [3.63, 3.8) is 0 Å². The highest BCUT2D eigenvalue weighted by Crippen LogP contribution is 2.34. The number of methoxy groups -OCH3 is 3. The van der Waals surface area contributed by atoms with Gasteiger partial charge in [-0.2, -0.15) is 5.10 Å². The minimum absolute atomic E-state index is 0.0875. The predicted octanol–water partition coefficient (Wildman–Crippen LogP) is 2.21. The van der Waals surface area contributed by atoms with Gasteiger partial charge in [0.2, 0.25) is 0 Å². The van der Waals surface area contributed by atoms with E-state index < -0.39 is 6.09 Å². The van der Waals surface area contributed by atoms with Gasteiger partial charge in [0, 0.05) is 36.9 Å². The third kappa shape index (κ3) is 4.36. The van der Waals surface area contributed by atoms with Gasteiger partial charge in [-0.1, -0.05) is 11.8 Å². The van der Waals surface area contributed by atoms with Crippen molar-refractivity contribution < 1.29 is 24.1 Å². The fourth-order valence-electron chi connectivity index (χ4n) is 4.21. The number of aromatic nitrogens is 3. The highest BCUT2D eigenvalue weighted by molar-refractivity contribution is 5.76. The number of carbonyl (C=O) groups is 1. The monoisotopic (exact) mass is 451 g/mol. The van der Waals surface area contributed by atoms with Crippen molar-refractivity contribution in [2.75, 3.05) is 40.2 Å². The van der Waals surface area contributed by atoms with E-state index in [-0.39, 0.29) is 12.0 Å². The SMILES string of the molecule is COCC1CC(c2cc(C#Cc3cc(OC)cc(OC)c3)c3c(N)ncnn23)CN1C(=O)O. The number of hydrogen-bond donors (Lipinski definition) is 2. The maximum absolute atomic E-state index is 11.7. The van der Waals surface area contributed by atoms with E-state index in [4.69, 9.17) is 19.9 Å². The van der Waals surface area contributed by atoms with Crippen LogP contribution >= 0.6 is 0 Å². The smallest absolute Gasteiger partial charge is 0.407 e. The molecule has 1 aromatic carbocycles. The lowest BCUT2D eigenvalue weighted by molar-refractivity contribution is 0.0990. The van der Waals surface area contributed by atoms with Crippen LogP contribution in [0.25, 0.3) is 5.52 Å². The van der Waals surface area contributed by atoms with Crippen molar-refractivity contribution in [2.45, 2.75) is 18.4 Å². The summed E-state index contributed by atoms with van der Waals surface area (Å²) in [6.07, 6.45) is 1.02. The molecule has 0 aliphatic carbocycles. The van der Waals surface area contributed by atoms with E-state index in [9.17, 15) is 9.90 Å². The predicted molar refractivity (Wildman–Crippen MR) is 121 cm³/mol. The first kappa shape index (κ1) is 22.2. The topological polar surface area (TPSA) is 124 Å². The number of ether oxygens (including phenoxy) is 3. The summed E-state index contributed by atoms with van der Waals surface area (Å²) >= 11 is 0. The van der Waals surface area contributed by atoms with E-state index in [0.717, 1.165) is 5.69 Å². The zero-order chi connectivity index (χ0) is 23.5. The average molecular weight is 451 g/mol. The molecule has 2 unspecified atom stereocenters. The number of anilines is 1. The van der Waals surface area contributed by atoms with Crippen molar-refractivity contribution in [3.05, 3.63) is 47.4 Å². The van der Waals surface area contributed by atoms with Crippen molar-refractivity contribution in [1.29, 1.82) is 0 Å². The molecule has 172 valence electrons. The molecule has 3 heterocycles. The first-order valence-corrected chi connectivity index (χ1v) is 10.3. The van der Waals surface area contributed by atoms with E-state index in [1.54, 1.807) is 31.9 Å². The molecule has 10 nitrogen and oxygen atoms in total. The second-order valence-electron chi connectivity index (χ2n) is 7.72. The Balaban J connectivity index is 1.76. The van der Waals surface area contributed by atoms with Crippen LogP contribution in [-0.2, 0) is 4.74 Å². The molecule has 2 aromatic heterocycles. The number of rotatable bonds is 5. The van der Waals surface area contributed by atoms with Crippen LogP contribution in [0, 0.1) is 11.8 Å². The molecule has 1 fully saturated rings. The van der Waals surface area contributed by atoms with Gasteiger partial charge in [0.25, 0.3) is 0 Å². The molecule has 33 heavy (non-hydrogen) atoms. The minimum atomic E-state index is -0.971. The summed E-state index contributed by atoms with van der Waals surface area (Å²) in [7, 11) is 4.72. The molecule has 1 aliphatic rings. The Kier molecular flexibility index (Phi) is 6.24. The molecule has 1 saturated heterocycles. The third-order valence-corrected chi connectivity index (χ3v) is 5.74. The maximum Gasteiger partial charge on any atom is 0.407 e. The fraction of sp³-hybridized carbons (Fsp3) is 0.348. The Morgan fingerprint density at radius 1 is 1.18 bits per heavy atom. The van der Waals surface area contributed by atoms with Gasteiger partial charge in [0.05, 0.1) is 32.4 Å². The molecule has 10 heteroatoms. The van der Waals surface area contributed by atoms with Gasteiger partial charge in [-0.15, -0.1) is 0 Å². The summed E-state index contributed by atoms with van der Waals surface area (Å²) in [5, 5.41) is 14.0. The highest BCUT2D eigenvalue weighted by Gasteiger charge is 2.37. The van der Waals surface area contributed by atoms with E-state index in [0.29, 0.717) is 53.5 Å². The number of nitrogen functional groups attached to an aromatic ring is 1. The number of hydrogen-bond acceptors (Lipinski definition) is 7. The number of likely N-dealkylation sites (tertiary alicyclic amines) is 1. The van der Waals surface area contributed by atoms with Gasteiger partial charge in [-0.25, -0.2) is 14.3 Å². The third-order valence-electron chi connectivity index (χ3n) is 5.74. The number of nitrogens with two attached hydrogens (primary N) is 1. The molecule has 0 radical (unpaired) electrons. The number of carboxylic acid groups (broad SMARTS) is 1. The van der Waals surface area contributed by atoms with Crippen LogP contribution in [0.15, 0.2) is 30.6 Å². The quantitative estimate of drug-likeness (QED) is 0.566. The van der Waals surface area contributed by atoms with Gasteiger partial charge < -0.3 is 30.0 Å². The summed E-state index contributed by atoms with van der Waals surface area (Å²) in [5.41, 5.74) is 8.96. The van der Waals surface area contributed by atoms with E-state index >= 15 is 0 Å². The lowest BCUT2D eigenvalue weighted by atomic mass is 10.0. The molecule has 2 atom stereocenters. The van der Waals surface area contributed by atoms with Crippen molar-refractivity contribution in [1.82, 2.24) is 19.5 Å². The Hall–Kier alpha value is -3.97. The minimum Gasteiger partial charge on any atom is -0.497 e. The van der Waals surface area contributed by atoms with E-state index in [1.165, 1.54) is 11.2 Å².